The fraction of sp³-hybridized carbons (Fsp3) is 0.179. The number of aliphatic hydroxyl groups excluding tert-OH is 1. The molecular formula is C28H23CaClO11. The molecule has 0 aliphatic carbocycles. The molecule has 0 aliphatic heterocycles. The molecule has 2 N–H and O–H groups in total. The third kappa shape index (κ3) is 10.8. The number of esters is 2. The van der Waals surface area contributed by atoms with Gasteiger partial charge in [-0.25, -0.2) is 14.4 Å². The van der Waals surface area contributed by atoms with E-state index in [1.807, 2.05) is 0 Å². The molecule has 0 heterocycles. The van der Waals surface area contributed by atoms with Gasteiger partial charge < -0.3 is 39.5 Å². The maximum atomic E-state index is 12.2. The Morgan fingerprint density at radius 3 is 1.49 bits per heavy atom. The van der Waals surface area contributed by atoms with Crippen LogP contribution < -0.4 is 10.2 Å². The minimum Gasteiger partial charge on any atom is -0.547 e. The SMILES string of the molecule is Cc1ccc(C(=O)O[C@H](C(=O)[O-])[C@H](OC(=O)c2ccc(C)cc2)C(=O)O)cc1.O=C([O-])[C@H](O)c1ccccc1Cl.[Ca+2]. The van der Waals surface area contributed by atoms with Crippen LogP contribution in [0.25, 0.3) is 0 Å². The van der Waals surface area contributed by atoms with Gasteiger partial charge >= 0.3 is 55.6 Å². The van der Waals surface area contributed by atoms with E-state index in [1.54, 1.807) is 50.2 Å². The predicted octanol–water partition coefficient (Wildman–Crippen LogP) is 0.631. The van der Waals surface area contributed by atoms with Crippen LogP contribution >= 0.6 is 11.6 Å². The van der Waals surface area contributed by atoms with Crippen LogP contribution in [0.1, 0.15) is 43.5 Å². The average molecular weight is 611 g/mol. The molecule has 0 bridgehead atoms. The molecule has 210 valence electrons. The van der Waals surface area contributed by atoms with Gasteiger partial charge in [-0.3, -0.25) is 0 Å². The molecule has 0 aromatic heterocycles. The summed E-state index contributed by atoms with van der Waals surface area (Å²) in [5, 5.41) is 40.2. The Labute approximate surface area is 269 Å². The zero-order chi connectivity index (χ0) is 30.0. The molecule has 11 nitrogen and oxygen atoms in total. The van der Waals surface area contributed by atoms with E-state index in [0.29, 0.717) is 0 Å². The van der Waals surface area contributed by atoms with E-state index in [-0.39, 0.29) is 59.5 Å². The smallest absolute Gasteiger partial charge is 0.547 e. The van der Waals surface area contributed by atoms with Crippen molar-refractivity contribution in [3.63, 3.8) is 0 Å². The second-order valence-electron chi connectivity index (χ2n) is 8.28. The van der Waals surface area contributed by atoms with Crippen LogP contribution in [0.3, 0.4) is 0 Å². The van der Waals surface area contributed by atoms with Crippen molar-refractivity contribution in [1.29, 1.82) is 0 Å². The summed E-state index contributed by atoms with van der Waals surface area (Å²) in [7, 11) is 0. The van der Waals surface area contributed by atoms with Gasteiger partial charge in [-0.1, -0.05) is 65.2 Å². The number of carboxylic acids is 3. The second-order valence-corrected chi connectivity index (χ2v) is 8.69. The first-order chi connectivity index (χ1) is 18.8. The van der Waals surface area contributed by atoms with Crippen molar-refractivity contribution in [1.82, 2.24) is 0 Å². The van der Waals surface area contributed by atoms with Crippen molar-refractivity contribution in [3.05, 3.63) is 106 Å². The van der Waals surface area contributed by atoms with Crippen molar-refractivity contribution >= 4 is 79.2 Å². The van der Waals surface area contributed by atoms with Crippen molar-refractivity contribution in [3.8, 4) is 0 Å². The topological polar surface area (TPSA) is 190 Å². The van der Waals surface area contributed by atoms with E-state index in [2.05, 4.69) is 0 Å². The molecule has 0 spiro atoms. The normalized spacial score (nSPS) is 12.2. The quantitative estimate of drug-likeness (QED) is 0.255. The number of ether oxygens (including phenoxy) is 2. The van der Waals surface area contributed by atoms with Crippen molar-refractivity contribution < 1.29 is 53.9 Å². The molecule has 3 atom stereocenters. The Bertz CT molecular complexity index is 1300. The van der Waals surface area contributed by atoms with Gasteiger partial charge in [0.25, 0.3) is 0 Å². The van der Waals surface area contributed by atoms with Gasteiger partial charge in [0.05, 0.1) is 23.1 Å². The summed E-state index contributed by atoms with van der Waals surface area (Å²) in [5.41, 5.74) is 1.87. The standard InChI is InChI=1S/C20H18O8.C8H7ClO3.Ca/c1-11-3-7-13(8-4-11)19(25)27-15(17(21)22)16(18(23)24)28-20(26)14-9-5-12(2)6-10-14;9-6-4-2-1-3-5(6)7(10)8(11)12;/h3-10,15-16H,1-2H3,(H,21,22)(H,23,24);1-4,7,10H,(H,11,12);/q;;+2/p-2/t15-,16-;7-;/m01./s1. The second kappa shape index (κ2) is 16.7. The summed E-state index contributed by atoms with van der Waals surface area (Å²) >= 11 is 5.61. The van der Waals surface area contributed by atoms with Crippen LogP contribution in [0.5, 0.6) is 0 Å². The van der Waals surface area contributed by atoms with Gasteiger partial charge in [0.1, 0.15) is 6.10 Å². The summed E-state index contributed by atoms with van der Waals surface area (Å²) in [6.45, 7) is 3.57. The minimum atomic E-state index is -2.33. The van der Waals surface area contributed by atoms with E-state index in [9.17, 15) is 39.3 Å². The summed E-state index contributed by atoms with van der Waals surface area (Å²) in [6, 6.07) is 18.1. The molecule has 0 saturated heterocycles. The van der Waals surface area contributed by atoms with E-state index in [1.165, 1.54) is 36.4 Å². The average Bonchev–Trinajstić information content (AvgIpc) is 2.91. The van der Waals surface area contributed by atoms with E-state index in [0.717, 1.165) is 11.1 Å². The summed E-state index contributed by atoms with van der Waals surface area (Å²) in [4.78, 5) is 57.4. The van der Waals surface area contributed by atoms with E-state index < -0.39 is 48.2 Å². The molecule has 41 heavy (non-hydrogen) atoms. The summed E-state index contributed by atoms with van der Waals surface area (Å²) in [6.07, 6.45) is -6.27. The maximum Gasteiger partial charge on any atom is 2.00 e. The van der Waals surface area contributed by atoms with Crippen LogP contribution in [0.2, 0.25) is 5.02 Å². The van der Waals surface area contributed by atoms with Crippen molar-refractivity contribution in [2.45, 2.75) is 32.2 Å². The fourth-order valence-corrected chi connectivity index (χ4v) is 3.28. The van der Waals surface area contributed by atoms with Gasteiger partial charge in [0.15, 0.2) is 6.10 Å². The molecule has 3 rings (SSSR count). The summed E-state index contributed by atoms with van der Waals surface area (Å²) in [5.74, 6) is -7.53. The number of carboxylic acid groups (broad SMARTS) is 3. The van der Waals surface area contributed by atoms with E-state index in [4.69, 9.17) is 26.2 Å². The van der Waals surface area contributed by atoms with Crippen LogP contribution in [0.15, 0.2) is 72.8 Å². The number of halogens is 1. The third-order valence-electron chi connectivity index (χ3n) is 5.22. The first-order valence-corrected chi connectivity index (χ1v) is 11.8. The molecule has 13 heteroatoms. The van der Waals surface area contributed by atoms with Gasteiger partial charge in [-0.15, -0.1) is 0 Å². The van der Waals surface area contributed by atoms with Crippen LogP contribution in [0, 0.1) is 13.8 Å². The molecule has 0 radical (unpaired) electrons. The fourth-order valence-electron chi connectivity index (χ4n) is 3.05. The molecule has 0 fully saturated rings. The van der Waals surface area contributed by atoms with Gasteiger partial charge in [0, 0.05) is 10.6 Å². The number of hydrogen-bond donors (Lipinski definition) is 2. The van der Waals surface area contributed by atoms with Crippen LogP contribution in [-0.2, 0) is 23.9 Å². The largest absolute Gasteiger partial charge is 2.00 e. The molecule has 0 aliphatic rings. The predicted molar refractivity (Wildman–Crippen MR) is 141 cm³/mol. The molecule has 3 aromatic carbocycles. The molecule has 0 amide bonds. The molecule has 3 aromatic rings. The number of aryl methyl sites for hydroxylation is 2. The van der Waals surface area contributed by atoms with Crippen molar-refractivity contribution in [2.75, 3.05) is 0 Å². The molecular weight excluding hydrogens is 588 g/mol. The number of rotatable bonds is 9. The van der Waals surface area contributed by atoms with E-state index >= 15 is 0 Å². The number of aliphatic carboxylic acids is 3. The zero-order valence-electron chi connectivity index (χ0n) is 21.8. The Morgan fingerprint density at radius 2 is 1.12 bits per heavy atom. The number of benzene rings is 3. The third-order valence-corrected chi connectivity index (χ3v) is 5.56. The Hall–Kier alpha value is -3.48. The van der Waals surface area contributed by atoms with Gasteiger partial charge in [0.2, 0.25) is 6.10 Å². The molecule has 0 unspecified atom stereocenters. The van der Waals surface area contributed by atoms with Crippen LogP contribution in [-0.4, -0.2) is 90.0 Å². The Morgan fingerprint density at radius 1 is 0.707 bits per heavy atom. The maximum absolute atomic E-state index is 12.2. The number of aliphatic hydroxyl groups is 1. The number of carbonyl (C=O) groups excluding carboxylic acids is 4. The van der Waals surface area contributed by atoms with Crippen molar-refractivity contribution in [2.24, 2.45) is 0 Å². The first kappa shape index (κ1) is 35.5. The minimum absolute atomic E-state index is 0. The zero-order valence-corrected chi connectivity index (χ0v) is 24.8. The summed E-state index contributed by atoms with van der Waals surface area (Å²) < 4.78 is 9.54. The Balaban J connectivity index is 0.000000542. The van der Waals surface area contributed by atoms with Gasteiger partial charge in [-0.05, 0) is 44.2 Å². The molecule has 0 saturated carbocycles. The number of hydrogen-bond acceptors (Lipinski definition) is 10. The Kier molecular flexibility index (Phi) is 14.5. The first-order valence-electron chi connectivity index (χ1n) is 11.4. The van der Waals surface area contributed by atoms with Crippen LogP contribution in [0.4, 0.5) is 0 Å². The number of carbonyl (C=O) groups is 5. The monoisotopic (exact) mass is 610 g/mol. The van der Waals surface area contributed by atoms with Gasteiger partial charge in [-0.2, -0.15) is 0 Å².